The first-order valence-electron chi connectivity index (χ1n) is 6.54. The summed E-state index contributed by atoms with van der Waals surface area (Å²) in [5.41, 5.74) is 0. The molecule has 1 rings (SSSR count). The normalized spacial score (nSPS) is 19.4. The van der Waals surface area contributed by atoms with Gasteiger partial charge in [0, 0.05) is 6.04 Å². The van der Waals surface area contributed by atoms with E-state index < -0.39 is 0 Å². The molecule has 1 unspecified atom stereocenters. The van der Waals surface area contributed by atoms with Gasteiger partial charge in [-0.05, 0) is 38.8 Å². The quantitative estimate of drug-likeness (QED) is 0.675. The number of hydrogen-bond acceptors (Lipinski definition) is 1. The Balaban J connectivity index is 0. The molecule has 0 saturated carbocycles. The van der Waals surface area contributed by atoms with Crippen LogP contribution in [0.2, 0.25) is 0 Å². The van der Waals surface area contributed by atoms with Gasteiger partial charge < -0.3 is 0 Å². The summed E-state index contributed by atoms with van der Waals surface area (Å²) >= 11 is 0. The first-order chi connectivity index (χ1) is 7.24. The summed E-state index contributed by atoms with van der Waals surface area (Å²) in [6.45, 7) is 14.2. The molecule has 1 atom stereocenters. The van der Waals surface area contributed by atoms with Gasteiger partial charge in [0.1, 0.15) is 6.67 Å². The Labute approximate surface area is 96.0 Å². The van der Waals surface area contributed by atoms with E-state index in [9.17, 15) is 4.39 Å². The molecular weight excluding hydrogens is 189 g/mol. The Morgan fingerprint density at radius 3 is 1.87 bits per heavy atom. The van der Waals surface area contributed by atoms with Crippen molar-refractivity contribution in [1.29, 1.82) is 0 Å². The summed E-state index contributed by atoms with van der Waals surface area (Å²) in [7, 11) is 0. The molecule has 1 heterocycles. The van der Waals surface area contributed by atoms with Crippen LogP contribution in [0.4, 0.5) is 4.39 Å². The number of likely N-dealkylation sites (tertiary alicyclic amines) is 1. The molecule has 0 radical (unpaired) electrons. The van der Waals surface area contributed by atoms with Crippen molar-refractivity contribution in [3.63, 3.8) is 0 Å². The summed E-state index contributed by atoms with van der Waals surface area (Å²) < 4.78 is 12.2. The van der Waals surface area contributed by atoms with Crippen LogP contribution in [-0.2, 0) is 0 Å². The first-order valence-corrected chi connectivity index (χ1v) is 6.54. The summed E-state index contributed by atoms with van der Waals surface area (Å²) in [5, 5.41) is 0. The summed E-state index contributed by atoms with van der Waals surface area (Å²) in [4.78, 5) is 2.25. The van der Waals surface area contributed by atoms with E-state index in [1.54, 1.807) is 0 Å². The molecular formula is C13H30FN. The molecule has 0 aliphatic carbocycles. The second-order valence-electron chi connectivity index (χ2n) is 3.72. The van der Waals surface area contributed by atoms with Crippen LogP contribution in [-0.4, -0.2) is 30.7 Å². The zero-order chi connectivity index (χ0) is 12.3. The zero-order valence-electron chi connectivity index (χ0n) is 11.5. The number of alkyl halides is 1. The number of halogens is 1. The van der Waals surface area contributed by atoms with Crippen molar-refractivity contribution in [2.24, 2.45) is 5.92 Å². The molecule has 0 aromatic rings. The van der Waals surface area contributed by atoms with Gasteiger partial charge in [-0.25, -0.2) is 4.39 Å². The van der Waals surface area contributed by atoms with Crippen molar-refractivity contribution < 1.29 is 4.39 Å². The number of nitrogens with zero attached hydrogens (tertiary/aromatic N) is 1. The fourth-order valence-corrected chi connectivity index (χ4v) is 1.57. The highest BCUT2D eigenvalue weighted by molar-refractivity contribution is 4.73. The lowest BCUT2D eigenvalue weighted by atomic mass is 9.98. The lowest BCUT2D eigenvalue weighted by Gasteiger charge is -2.33. The third-order valence-corrected chi connectivity index (χ3v) is 2.66. The molecule has 1 aliphatic heterocycles. The van der Waals surface area contributed by atoms with Crippen molar-refractivity contribution in [3.05, 3.63) is 0 Å². The van der Waals surface area contributed by atoms with Crippen LogP contribution in [0.1, 0.15) is 54.4 Å². The Hall–Kier alpha value is -0.110. The van der Waals surface area contributed by atoms with Gasteiger partial charge in [0.25, 0.3) is 0 Å². The highest BCUT2D eigenvalue weighted by Crippen LogP contribution is 2.17. The summed E-state index contributed by atoms with van der Waals surface area (Å²) in [6, 6.07) is 0.141. The van der Waals surface area contributed by atoms with Crippen molar-refractivity contribution in [2.45, 2.75) is 60.4 Å². The minimum atomic E-state index is -0.200. The molecule has 1 saturated heterocycles. The van der Waals surface area contributed by atoms with Crippen molar-refractivity contribution in [2.75, 3.05) is 19.8 Å². The van der Waals surface area contributed by atoms with E-state index >= 15 is 0 Å². The zero-order valence-corrected chi connectivity index (χ0v) is 11.5. The third-order valence-electron chi connectivity index (χ3n) is 2.66. The maximum absolute atomic E-state index is 12.2. The molecule has 0 N–H and O–H groups in total. The van der Waals surface area contributed by atoms with E-state index in [1.807, 2.05) is 34.6 Å². The van der Waals surface area contributed by atoms with Gasteiger partial charge in [0.15, 0.2) is 0 Å². The fraction of sp³-hybridized carbons (Fsp3) is 1.00. The van der Waals surface area contributed by atoms with E-state index in [0.29, 0.717) is 0 Å². The minimum Gasteiger partial charge on any atom is -0.298 e. The van der Waals surface area contributed by atoms with Crippen molar-refractivity contribution in [3.8, 4) is 0 Å². The highest BCUT2D eigenvalue weighted by Gasteiger charge is 2.19. The largest absolute Gasteiger partial charge is 0.298 e. The third kappa shape index (κ3) is 7.78. The molecule has 0 aromatic heterocycles. The molecule has 0 spiro atoms. The van der Waals surface area contributed by atoms with E-state index in [2.05, 4.69) is 11.8 Å². The van der Waals surface area contributed by atoms with E-state index in [1.165, 1.54) is 12.8 Å². The Morgan fingerprint density at radius 2 is 1.53 bits per heavy atom. The number of piperidine rings is 1. The van der Waals surface area contributed by atoms with Crippen LogP contribution in [0, 0.1) is 5.92 Å². The average Bonchev–Trinajstić information content (AvgIpc) is 2.34. The predicted molar refractivity (Wildman–Crippen MR) is 68.1 cm³/mol. The number of rotatable bonds is 2. The van der Waals surface area contributed by atoms with E-state index in [0.717, 1.165) is 19.0 Å². The van der Waals surface area contributed by atoms with Gasteiger partial charge in [0.05, 0.1) is 0 Å². The Morgan fingerprint density at radius 1 is 1.13 bits per heavy atom. The van der Waals surface area contributed by atoms with Gasteiger partial charge in [-0.3, -0.25) is 4.90 Å². The highest BCUT2D eigenvalue weighted by atomic mass is 19.1. The molecule has 0 aromatic carbocycles. The van der Waals surface area contributed by atoms with Crippen LogP contribution in [0.5, 0.6) is 0 Å². The molecule has 1 fully saturated rings. The van der Waals surface area contributed by atoms with Gasteiger partial charge in [0.2, 0.25) is 0 Å². The molecule has 94 valence electrons. The van der Waals surface area contributed by atoms with Crippen LogP contribution in [0.15, 0.2) is 0 Å². The molecule has 1 aliphatic rings. The molecule has 15 heavy (non-hydrogen) atoms. The molecule has 0 bridgehead atoms. The van der Waals surface area contributed by atoms with Gasteiger partial charge >= 0.3 is 0 Å². The van der Waals surface area contributed by atoms with Gasteiger partial charge in [-0.1, -0.05) is 34.6 Å². The lowest BCUT2D eigenvalue weighted by Crippen LogP contribution is -2.40. The standard InChI is InChI=1S/C9H18FN.2C2H6/c1-8-3-5-11(6-4-8)9(2)7-10;2*1-2/h8-9H,3-7H2,1-2H3;2*1-2H3. The van der Waals surface area contributed by atoms with Crippen LogP contribution < -0.4 is 0 Å². The lowest BCUT2D eigenvalue weighted by molar-refractivity contribution is 0.128. The van der Waals surface area contributed by atoms with Crippen LogP contribution in [0.25, 0.3) is 0 Å². The number of hydrogen-bond donors (Lipinski definition) is 0. The molecule has 0 amide bonds. The van der Waals surface area contributed by atoms with E-state index in [4.69, 9.17) is 0 Å². The average molecular weight is 219 g/mol. The SMILES string of the molecule is CC.CC.CC1CCN(C(C)CF)CC1. The Kier molecular flexibility index (Phi) is 13.8. The van der Waals surface area contributed by atoms with Gasteiger partial charge in [-0.2, -0.15) is 0 Å². The van der Waals surface area contributed by atoms with Crippen molar-refractivity contribution >= 4 is 0 Å². The second-order valence-corrected chi connectivity index (χ2v) is 3.72. The summed E-state index contributed by atoms with van der Waals surface area (Å²) in [5.74, 6) is 0.845. The topological polar surface area (TPSA) is 3.24 Å². The smallest absolute Gasteiger partial charge is 0.105 e. The van der Waals surface area contributed by atoms with E-state index in [-0.39, 0.29) is 12.7 Å². The first kappa shape index (κ1) is 17.3. The fourth-order valence-electron chi connectivity index (χ4n) is 1.57. The van der Waals surface area contributed by atoms with Crippen LogP contribution >= 0.6 is 0 Å². The van der Waals surface area contributed by atoms with Gasteiger partial charge in [-0.15, -0.1) is 0 Å². The predicted octanol–water partition coefficient (Wildman–Crippen LogP) is 4.13. The van der Waals surface area contributed by atoms with Crippen molar-refractivity contribution in [1.82, 2.24) is 4.90 Å². The monoisotopic (exact) mass is 219 g/mol. The second kappa shape index (κ2) is 12.0. The summed E-state index contributed by atoms with van der Waals surface area (Å²) in [6.07, 6.45) is 2.48. The maximum atomic E-state index is 12.2. The Bertz CT molecular complexity index is 109. The molecule has 2 heteroatoms. The minimum absolute atomic E-state index is 0.141. The molecule has 1 nitrogen and oxygen atoms in total. The van der Waals surface area contributed by atoms with Crippen LogP contribution in [0.3, 0.4) is 0 Å². The maximum Gasteiger partial charge on any atom is 0.105 e.